The molecular weight excluding hydrogens is 212 g/mol. The minimum absolute atomic E-state index is 0.0936. The highest BCUT2D eigenvalue weighted by molar-refractivity contribution is 4.81. The van der Waals surface area contributed by atoms with E-state index in [4.69, 9.17) is 0 Å². The van der Waals surface area contributed by atoms with Crippen LogP contribution < -0.4 is 5.32 Å². The molecule has 0 rings (SSSR count). The Bertz CT molecular complexity index is 187. The third-order valence-corrected chi connectivity index (χ3v) is 3.79. The fourth-order valence-electron chi connectivity index (χ4n) is 2.06. The van der Waals surface area contributed by atoms with Gasteiger partial charge in [-0.05, 0) is 53.2 Å². The normalized spacial score (nSPS) is 17.1. The predicted molar refractivity (Wildman–Crippen MR) is 75.4 cm³/mol. The molecule has 0 aromatic rings. The molecule has 0 spiro atoms. The van der Waals surface area contributed by atoms with Gasteiger partial charge in [-0.1, -0.05) is 20.3 Å². The van der Waals surface area contributed by atoms with Crippen LogP contribution in [0.4, 0.5) is 0 Å². The Morgan fingerprint density at radius 2 is 1.94 bits per heavy atom. The van der Waals surface area contributed by atoms with Gasteiger partial charge >= 0.3 is 0 Å². The number of likely N-dealkylation sites (N-methyl/N-ethyl adjacent to an activating group) is 1. The van der Waals surface area contributed by atoms with Gasteiger partial charge in [0.25, 0.3) is 0 Å². The first kappa shape index (κ1) is 16.9. The number of aliphatic hydroxyl groups excluding tert-OH is 1. The fourth-order valence-corrected chi connectivity index (χ4v) is 2.06. The molecule has 0 bridgehead atoms. The van der Waals surface area contributed by atoms with E-state index in [-0.39, 0.29) is 12.1 Å². The van der Waals surface area contributed by atoms with Crippen molar-refractivity contribution in [2.45, 2.75) is 65.0 Å². The van der Waals surface area contributed by atoms with E-state index >= 15 is 0 Å². The molecule has 2 N–H and O–H groups in total. The van der Waals surface area contributed by atoms with Gasteiger partial charge in [0.15, 0.2) is 0 Å². The van der Waals surface area contributed by atoms with E-state index in [1.165, 1.54) is 19.3 Å². The maximum Gasteiger partial charge on any atom is 0.0610 e. The SMILES string of the molecule is CCNC(C)(CO)CCCCN(C)C(C)CC. The second-order valence-corrected chi connectivity index (χ2v) is 5.44. The number of nitrogens with one attached hydrogen (secondary N) is 1. The lowest BCUT2D eigenvalue weighted by Crippen LogP contribution is -2.45. The molecule has 3 heteroatoms. The van der Waals surface area contributed by atoms with E-state index in [0.717, 1.165) is 19.5 Å². The summed E-state index contributed by atoms with van der Waals surface area (Å²) in [5, 5.41) is 12.7. The van der Waals surface area contributed by atoms with Crippen LogP contribution in [-0.2, 0) is 0 Å². The number of unbranched alkanes of at least 4 members (excludes halogenated alkanes) is 1. The van der Waals surface area contributed by atoms with Gasteiger partial charge in [-0.25, -0.2) is 0 Å². The monoisotopic (exact) mass is 244 g/mol. The Balaban J connectivity index is 3.75. The molecule has 0 saturated carbocycles. The van der Waals surface area contributed by atoms with Crippen LogP contribution in [0.1, 0.15) is 53.4 Å². The molecular formula is C14H32N2O. The fraction of sp³-hybridized carbons (Fsp3) is 1.00. The van der Waals surface area contributed by atoms with Gasteiger partial charge in [0, 0.05) is 11.6 Å². The van der Waals surface area contributed by atoms with Crippen LogP contribution in [0, 0.1) is 0 Å². The first-order valence-electron chi connectivity index (χ1n) is 7.05. The largest absolute Gasteiger partial charge is 0.394 e. The lowest BCUT2D eigenvalue weighted by molar-refractivity contribution is 0.161. The van der Waals surface area contributed by atoms with Crippen LogP contribution in [-0.4, -0.2) is 48.3 Å². The van der Waals surface area contributed by atoms with Gasteiger partial charge in [-0.3, -0.25) is 0 Å². The average Bonchev–Trinajstić information content (AvgIpc) is 2.33. The van der Waals surface area contributed by atoms with Crippen LogP contribution in [0.3, 0.4) is 0 Å². The summed E-state index contributed by atoms with van der Waals surface area (Å²) in [4.78, 5) is 2.42. The van der Waals surface area contributed by atoms with Crippen molar-refractivity contribution in [1.29, 1.82) is 0 Å². The third kappa shape index (κ3) is 7.02. The number of hydrogen-bond donors (Lipinski definition) is 2. The first-order valence-corrected chi connectivity index (χ1v) is 7.05. The van der Waals surface area contributed by atoms with Crippen LogP contribution in [0.15, 0.2) is 0 Å². The van der Waals surface area contributed by atoms with Crippen molar-refractivity contribution in [3.63, 3.8) is 0 Å². The van der Waals surface area contributed by atoms with E-state index in [2.05, 4.69) is 45.0 Å². The number of rotatable bonds is 10. The summed E-state index contributed by atoms with van der Waals surface area (Å²) < 4.78 is 0. The molecule has 0 amide bonds. The van der Waals surface area contributed by atoms with Crippen molar-refractivity contribution < 1.29 is 5.11 Å². The highest BCUT2D eigenvalue weighted by atomic mass is 16.3. The Morgan fingerprint density at radius 1 is 1.29 bits per heavy atom. The predicted octanol–water partition coefficient (Wildman–Crippen LogP) is 2.25. The van der Waals surface area contributed by atoms with Gasteiger partial charge in [-0.15, -0.1) is 0 Å². The van der Waals surface area contributed by atoms with Gasteiger partial charge in [0.1, 0.15) is 0 Å². The van der Waals surface area contributed by atoms with Gasteiger partial charge < -0.3 is 15.3 Å². The van der Waals surface area contributed by atoms with Crippen LogP contribution in [0.2, 0.25) is 0 Å². The van der Waals surface area contributed by atoms with Crippen molar-refractivity contribution in [1.82, 2.24) is 10.2 Å². The topological polar surface area (TPSA) is 35.5 Å². The summed E-state index contributed by atoms with van der Waals surface area (Å²) in [5.41, 5.74) is -0.0936. The van der Waals surface area contributed by atoms with E-state index in [1.54, 1.807) is 0 Å². The summed E-state index contributed by atoms with van der Waals surface area (Å²) in [7, 11) is 2.20. The maximum atomic E-state index is 9.38. The molecule has 104 valence electrons. The van der Waals surface area contributed by atoms with Gasteiger partial charge in [0.2, 0.25) is 0 Å². The quantitative estimate of drug-likeness (QED) is 0.579. The van der Waals surface area contributed by atoms with Crippen molar-refractivity contribution >= 4 is 0 Å². The summed E-state index contributed by atoms with van der Waals surface area (Å²) >= 11 is 0. The van der Waals surface area contributed by atoms with Crippen LogP contribution >= 0.6 is 0 Å². The van der Waals surface area contributed by atoms with Gasteiger partial charge in [0.05, 0.1) is 6.61 Å². The van der Waals surface area contributed by atoms with Crippen molar-refractivity contribution in [3.05, 3.63) is 0 Å². The molecule has 0 aromatic carbocycles. The zero-order chi connectivity index (χ0) is 13.3. The Labute approximate surface area is 108 Å². The lowest BCUT2D eigenvalue weighted by atomic mass is 9.95. The third-order valence-electron chi connectivity index (χ3n) is 3.79. The first-order chi connectivity index (χ1) is 7.99. The Kier molecular flexibility index (Phi) is 8.83. The molecule has 0 aliphatic carbocycles. The maximum absolute atomic E-state index is 9.38. The summed E-state index contributed by atoms with van der Waals surface area (Å²) in [6, 6.07) is 0.674. The molecule has 0 aromatic heterocycles. The highest BCUT2D eigenvalue weighted by Crippen LogP contribution is 2.13. The highest BCUT2D eigenvalue weighted by Gasteiger charge is 2.20. The van der Waals surface area contributed by atoms with E-state index in [9.17, 15) is 5.11 Å². The molecule has 0 aliphatic rings. The zero-order valence-corrected chi connectivity index (χ0v) is 12.4. The zero-order valence-electron chi connectivity index (χ0n) is 12.4. The van der Waals surface area contributed by atoms with Crippen molar-refractivity contribution in [3.8, 4) is 0 Å². The standard InChI is InChI=1S/C14H32N2O/c1-6-13(3)16(5)11-9-8-10-14(4,12-17)15-7-2/h13,15,17H,6-12H2,1-5H3. The molecule has 2 atom stereocenters. The molecule has 2 unspecified atom stereocenters. The molecule has 0 heterocycles. The van der Waals surface area contributed by atoms with E-state index in [0.29, 0.717) is 6.04 Å². The molecule has 0 saturated heterocycles. The average molecular weight is 244 g/mol. The molecule has 0 radical (unpaired) electrons. The van der Waals surface area contributed by atoms with E-state index < -0.39 is 0 Å². The van der Waals surface area contributed by atoms with Gasteiger partial charge in [-0.2, -0.15) is 0 Å². The number of hydrogen-bond acceptors (Lipinski definition) is 3. The lowest BCUT2D eigenvalue weighted by Gasteiger charge is -2.29. The molecule has 3 nitrogen and oxygen atoms in total. The smallest absolute Gasteiger partial charge is 0.0610 e. The van der Waals surface area contributed by atoms with Crippen LogP contribution in [0.25, 0.3) is 0 Å². The summed E-state index contributed by atoms with van der Waals surface area (Å²) in [6.07, 6.45) is 4.64. The Hall–Kier alpha value is -0.120. The number of aliphatic hydroxyl groups is 1. The second kappa shape index (κ2) is 8.90. The van der Waals surface area contributed by atoms with E-state index in [1.807, 2.05) is 0 Å². The molecule has 0 fully saturated rings. The summed E-state index contributed by atoms with van der Waals surface area (Å²) in [6.45, 7) is 11.0. The molecule has 0 aliphatic heterocycles. The minimum Gasteiger partial charge on any atom is -0.394 e. The van der Waals surface area contributed by atoms with Crippen molar-refractivity contribution in [2.24, 2.45) is 0 Å². The number of nitrogens with zero attached hydrogens (tertiary/aromatic N) is 1. The Morgan fingerprint density at radius 3 is 2.41 bits per heavy atom. The van der Waals surface area contributed by atoms with Crippen LogP contribution in [0.5, 0.6) is 0 Å². The minimum atomic E-state index is -0.0936. The second-order valence-electron chi connectivity index (χ2n) is 5.44. The molecule has 17 heavy (non-hydrogen) atoms. The van der Waals surface area contributed by atoms with Crippen molar-refractivity contribution in [2.75, 3.05) is 26.7 Å². The summed E-state index contributed by atoms with van der Waals surface area (Å²) in [5.74, 6) is 0.